The molecule has 1 rings (SSSR count). The maximum atomic E-state index is 9.02. The summed E-state index contributed by atoms with van der Waals surface area (Å²) in [7, 11) is 0. The molecule has 1 heterocycles. The first-order valence-corrected chi connectivity index (χ1v) is 4.18. The molecule has 4 heteroatoms. The Hall–Kier alpha value is 0.610. The Balaban J connectivity index is 2.23. The van der Waals surface area contributed by atoms with Crippen molar-refractivity contribution in [1.29, 1.82) is 0 Å². The molecule has 0 spiro atoms. The quantitative estimate of drug-likeness (QED) is 0.492. The number of alkyl halides is 1. The van der Waals surface area contributed by atoms with Gasteiger partial charge in [-0.3, -0.25) is 0 Å². The predicted molar refractivity (Wildman–Crippen MR) is 42.6 cm³/mol. The SMILES string of the molecule is OC(I)C1COCCN1. The number of halogens is 1. The van der Waals surface area contributed by atoms with Gasteiger partial charge >= 0.3 is 0 Å². The lowest BCUT2D eigenvalue weighted by molar-refractivity contribution is 0.0501. The molecule has 0 aliphatic carbocycles. The van der Waals surface area contributed by atoms with E-state index in [1.807, 2.05) is 22.6 Å². The third kappa shape index (κ3) is 2.37. The largest absolute Gasteiger partial charge is 0.381 e. The average Bonchev–Trinajstić information content (AvgIpc) is 1.90. The van der Waals surface area contributed by atoms with Crippen molar-refractivity contribution >= 4 is 22.6 Å². The van der Waals surface area contributed by atoms with Gasteiger partial charge in [0.15, 0.2) is 0 Å². The second kappa shape index (κ2) is 3.70. The van der Waals surface area contributed by atoms with Gasteiger partial charge in [0.05, 0.1) is 19.3 Å². The number of hydrogen-bond donors (Lipinski definition) is 2. The monoisotopic (exact) mass is 243 g/mol. The van der Waals surface area contributed by atoms with E-state index in [4.69, 9.17) is 9.84 Å². The molecule has 9 heavy (non-hydrogen) atoms. The van der Waals surface area contributed by atoms with Gasteiger partial charge in [-0.25, -0.2) is 0 Å². The standard InChI is InChI=1S/C5H10INO2/c6-5(8)4-3-9-2-1-7-4/h4-5,7-8H,1-3H2. The summed E-state index contributed by atoms with van der Waals surface area (Å²) in [6.07, 6.45) is 0. The topological polar surface area (TPSA) is 41.5 Å². The van der Waals surface area contributed by atoms with Crippen LogP contribution in [0.1, 0.15) is 0 Å². The van der Waals surface area contributed by atoms with Crippen molar-refractivity contribution in [2.45, 2.75) is 10.2 Å². The highest BCUT2D eigenvalue weighted by molar-refractivity contribution is 14.1. The molecular formula is C5H10INO2. The maximum absolute atomic E-state index is 9.02. The molecule has 0 bridgehead atoms. The van der Waals surface area contributed by atoms with E-state index >= 15 is 0 Å². The Labute approximate surface area is 67.9 Å². The van der Waals surface area contributed by atoms with Crippen LogP contribution in [0, 0.1) is 0 Å². The maximum Gasteiger partial charge on any atom is 0.122 e. The second-order valence-electron chi connectivity index (χ2n) is 2.01. The van der Waals surface area contributed by atoms with Crippen LogP contribution in [-0.4, -0.2) is 35.0 Å². The van der Waals surface area contributed by atoms with Gasteiger partial charge in [-0.2, -0.15) is 0 Å². The van der Waals surface area contributed by atoms with Crippen molar-refractivity contribution in [2.24, 2.45) is 0 Å². The third-order valence-corrected chi connectivity index (χ3v) is 2.15. The summed E-state index contributed by atoms with van der Waals surface area (Å²) in [6, 6.07) is 0.124. The lowest BCUT2D eigenvalue weighted by Crippen LogP contribution is -2.46. The minimum Gasteiger partial charge on any atom is -0.381 e. The van der Waals surface area contributed by atoms with Gasteiger partial charge in [0.1, 0.15) is 4.11 Å². The average molecular weight is 243 g/mol. The van der Waals surface area contributed by atoms with Crippen LogP contribution in [0.25, 0.3) is 0 Å². The van der Waals surface area contributed by atoms with Gasteiger partial charge in [-0.15, -0.1) is 0 Å². The molecule has 1 fully saturated rings. The summed E-state index contributed by atoms with van der Waals surface area (Å²) in [5.74, 6) is 0. The number of hydrogen-bond acceptors (Lipinski definition) is 3. The minimum absolute atomic E-state index is 0.124. The van der Waals surface area contributed by atoms with E-state index in [-0.39, 0.29) is 10.2 Å². The second-order valence-corrected chi connectivity index (χ2v) is 3.28. The zero-order chi connectivity index (χ0) is 6.69. The first kappa shape index (κ1) is 7.71. The van der Waals surface area contributed by atoms with E-state index in [1.165, 1.54) is 0 Å². The molecule has 0 aromatic carbocycles. The molecule has 0 saturated carbocycles. The molecule has 0 aromatic heterocycles. The van der Waals surface area contributed by atoms with Crippen molar-refractivity contribution < 1.29 is 9.84 Å². The number of aliphatic hydroxyl groups excluding tert-OH is 1. The van der Waals surface area contributed by atoms with Crippen molar-refractivity contribution in [3.63, 3.8) is 0 Å². The van der Waals surface area contributed by atoms with Gasteiger partial charge in [-0.05, 0) is 22.6 Å². The highest BCUT2D eigenvalue weighted by Crippen LogP contribution is 2.04. The molecule has 1 saturated heterocycles. The summed E-state index contributed by atoms with van der Waals surface area (Å²) in [6.45, 7) is 2.24. The molecule has 54 valence electrons. The number of ether oxygens (including phenoxy) is 1. The summed E-state index contributed by atoms with van der Waals surface area (Å²) in [5.41, 5.74) is 0. The molecule has 2 atom stereocenters. The molecule has 1 aliphatic rings. The highest BCUT2D eigenvalue weighted by Gasteiger charge is 2.18. The van der Waals surface area contributed by atoms with Crippen LogP contribution in [0.15, 0.2) is 0 Å². The van der Waals surface area contributed by atoms with Crippen LogP contribution in [0.5, 0.6) is 0 Å². The van der Waals surface area contributed by atoms with E-state index in [2.05, 4.69) is 5.32 Å². The van der Waals surface area contributed by atoms with E-state index in [0.717, 1.165) is 13.2 Å². The lowest BCUT2D eigenvalue weighted by atomic mass is 10.3. The van der Waals surface area contributed by atoms with Crippen LogP contribution < -0.4 is 5.32 Å². The van der Waals surface area contributed by atoms with Gasteiger partial charge < -0.3 is 15.2 Å². The smallest absolute Gasteiger partial charge is 0.122 e. The number of morpholine rings is 1. The normalized spacial score (nSPS) is 32.0. The Bertz CT molecular complexity index is 83.0. The molecule has 3 nitrogen and oxygen atoms in total. The van der Waals surface area contributed by atoms with Crippen LogP contribution in [0.2, 0.25) is 0 Å². The Morgan fingerprint density at radius 2 is 2.56 bits per heavy atom. The molecule has 1 aliphatic heterocycles. The van der Waals surface area contributed by atoms with E-state index in [0.29, 0.717) is 6.61 Å². The van der Waals surface area contributed by atoms with Gasteiger partial charge in [0.2, 0.25) is 0 Å². The van der Waals surface area contributed by atoms with Crippen molar-refractivity contribution in [2.75, 3.05) is 19.8 Å². The van der Waals surface area contributed by atoms with Crippen LogP contribution >= 0.6 is 22.6 Å². The van der Waals surface area contributed by atoms with Crippen molar-refractivity contribution in [1.82, 2.24) is 5.32 Å². The zero-order valence-corrected chi connectivity index (χ0v) is 7.17. The fraction of sp³-hybridized carbons (Fsp3) is 1.00. The lowest BCUT2D eigenvalue weighted by Gasteiger charge is -2.24. The Morgan fingerprint density at radius 1 is 1.78 bits per heavy atom. The van der Waals surface area contributed by atoms with Crippen molar-refractivity contribution in [3.05, 3.63) is 0 Å². The summed E-state index contributed by atoms with van der Waals surface area (Å²) in [4.78, 5) is 0. The molecule has 2 N–H and O–H groups in total. The Kier molecular flexibility index (Phi) is 3.17. The molecule has 0 aromatic rings. The third-order valence-electron chi connectivity index (χ3n) is 1.28. The summed E-state index contributed by atoms with van der Waals surface area (Å²) in [5, 5.41) is 12.2. The number of rotatable bonds is 1. The minimum atomic E-state index is -0.331. The fourth-order valence-corrected chi connectivity index (χ4v) is 1.22. The van der Waals surface area contributed by atoms with Crippen LogP contribution in [0.3, 0.4) is 0 Å². The van der Waals surface area contributed by atoms with Gasteiger partial charge in [0.25, 0.3) is 0 Å². The van der Waals surface area contributed by atoms with E-state index in [9.17, 15) is 0 Å². The fourth-order valence-electron chi connectivity index (χ4n) is 0.762. The Morgan fingerprint density at radius 3 is 2.89 bits per heavy atom. The molecular weight excluding hydrogens is 233 g/mol. The molecule has 0 amide bonds. The van der Waals surface area contributed by atoms with Gasteiger partial charge in [0, 0.05) is 6.54 Å². The highest BCUT2D eigenvalue weighted by atomic mass is 127. The first-order valence-electron chi connectivity index (χ1n) is 2.94. The molecule has 2 unspecified atom stereocenters. The number of aliphatic hydroxyl groups is 1. The van der Waals surface area contributed by atoms with Crippen LogP contribution in [-0.2, 0) is 4.74 Å². The first-order chi connectivity index (χ1) is 4.30. The summed E-state index contributed by atoms with van der Waals surface area (Å²) < 4.78 is 4.79. The van der Waals surface area contributed by atoms with Gasteiger partial charge in [-0.1, -0.05) is 0 Å². The van der Waals surface area contributed by atoms with Crippen molar-refractivity contribution in [3.8, 4) is 0 Å². The van der Waals surface area contributed by atoms with E-state index < -0.39 is 0 Å². The van der Waals surface area contributed by atoms with E-state index in [1.54, 1.807) is 0 Å². The summed E-state index contributed by atoms with van der Waals surface area (Å²) >= 11 is 1.97. The predicted octanol–water partition coefficient (Wildman–Crippen LogP) is -0.272. The zero-order valence-electron chi connectivity index (χ0n) is 5.01. The van der Waals surface area contributed by atoms with Crippen LogP contribution in [0.4, 0.5) is 0 Å². The molecule has 0 radical (unpaired) electrons. The number of nitrogens with one attached hydrogen (secondary N) is 1.